The summed E-state index contributed by atoms with van der Waals surface area (Å²) in [5, 5.41) is 11.9. The molecule has 1 atom stereocenters. The third kappa shape index (κ3) is 2.06. The summed E-state index contributed by atoms with van der Waals surface area (Å²) in [5.74, 6) is 0. The molecule has 0 radical (unpaired) electrons. The summed E-state index contributed by atoms with van der Waals surface area (Å²) in [7, 11) is -1.40. The molecule has 3 aromatic heterocycles. The molecule has 0 aliphatic carbocycles. The van der Waals surface area contributed by atoms with Gasteiger partial charge in [0.05, 0.1) is 15.3 Å². The maximum Gasteiger partial charge on any atom is 0.350 e. The molecule has 0 aliphatic rings. The summed E-state index contributed by atoms with van der Waals surface area (Å²) in [5.41, 5.74) is 0.703. The van der Waals surface area contributed by atoms with Crippen LogP contribution in [0.25, 0.3) is 17.0 Å². The van der Waals surface area contributed by atoms with Crippen molar-refractivity contribution in [3.63, 3.8) is 0 Å². The molecule has 1 unspecified atom stereocenters. The van der Waals surface area contributed by atoms with Crippen molar-refractivity contribution in [2.75, 3.05) is 6.26 Å². The Bertz CT molecular complexity index is 875. The van der Waals surface area contributed by atoms with Gasteiger partial charge in [0.25, 0.3) is 0 Å². The summed E-state index contributed by atoms with van der Waals surface area (Å²) < 4.78 is 13.0. The van der Waals surface area contributed by atoms with Crippen molar-refractivity contribution in [2.24, 2.45) is 0 Å². The third-order valence-electron chi connectivity index (χ3n) is 2.51. The van der Waals surface area contributed by atoms with Gasteiger partial charge in [0.15, 0.2) is 5.65 Å². The number of fused-ring (bicyclic) bond motifs is 1. The van der Waals surface area contributed by atoms with Crippen molar-refractivity contribution >= 4 is 32.4 Å². The van der Waals surface area contributed by atoms with E-state index >= 15 is 0 Å². The van der Waals surface area contributed by atoms with Crippen LogP contribution in [0.4, 0.5) is 0 Å². The van der Waals surface area contributed by atoms with Gasteiger partial charge in [0.1, 0.15) is 11.4 Å². The minimum absolute atomic E-state index is 0.0915. The van der Waals surface area contributed by atoms with Crippen molar-refractivity contribution in [1.29, 1.82) is 0 Å². The Labute approximate surface area is 122 Å². The first kappa shape index (κ1) is 13.1. The molecular formula is C10H7BrN6O2S. The average Bonchev–Trinajstić information content (AvgIpc) is 2.78. The Balaban J connectivity index is 2.33. The molecule has 0 aromatic carbocycles. The zero-order valence-corrected chi connectivity index (χ0v) is 12.5. The van der Waals surface area contributed by atoms with Crippen molar-refractivity contribution in [2.45, 2.75) is 5.16 Å². The maximum atomic E-state index is 11.9. The van der Waals surface area contributed by atoms with Gasteiger partial charge in [-0.3, -0.25) is 9.19 Å². The van der Waals surface area contributed by atoms with Gasteiger partial charge in [-0.15, -0.1) is 5.10 Å². The molecule has 0 fully saturated rings. The highest BCUT2D eigenvalue weighted by Crippen LogP contribution is 2.27. The summed E-state index contributed by atoms with van der Waals surface area (Å²) >= 11 is 3.34. The maximum absolute atomic E-state index is 11.9. The third-order valence-corrected chi connectivity index (χ3v) is 3.97. The molecule has 8 nitrogen and oxygen atoms in total. The number of rotatable bonds is 2. The second-order valence-corrected chi connectivity index (χ2v) is 5.90. The molecule has 20 heavy (non-hydrogen) atoms. The first-order chi connectivity index (χ1) is 9.58. The predicted molar refractivity (Wildman–Crippen MR) is 74.7 cm³/mol. The molecule has 1 N–H and O–H groups in total. The summed E-state index contributed by atoms with van der Waals surface area (Å²) in [4.78, 5) is 18.5. The van der Waals surface area contributed by atoms with Crippen molar-refractivity contribution in [1.82, 2.24) is 29.8 Å². The van der Waals surface area contributed by atoms with Crippen LogP contribution in [0.2, 0.25) is 0 Å². The Kier molecular flexibility index (Phi) is 3.18. The Hall–Kier alpha value is -1.94. The molecule has 0 amide bonds. The minimum Gasteiger partial charge on any atom is -0.283 e. The fraction of sp³-hybridized carbons (Fsp3) is 0.100. The van der Waals surface area contributed by atoms with Gasteiger partial charge in [0.2, 0.25) is 5.16 Å². The minimum atomic E-state index is -1.40. The van der Waals surface area contributed by atoms with Crippen LogP contribution in [0, 0.1) is 0 Å². The lowest BCUT2D eigenvalue weighted by Crippen LogP contribution is -2.21. The quantitative estimate of drug-likeness (QED) is 0.712. The lowest BCUT2D eigenvalue weighted by molar-refractivity contribution is 0.675. The van der Waals surface area contributed by atoms with Crippen LogP contribution in [0.1, 0.15) is 0 Å². The highest BCUT2D eigenvalue weighted by Gasteiger charge is 2.18. The second-order valence-electron chi connectivity index (χ2n) is 3.81. The standard InChI is InChI=1S/C10H7BrN6O2S/c1-20(19)9-13-8-6(11)7(5-3-2-4-12-15-5)16-17(8)10(18)14-9/h2-4H,1H3,(H,13,14,18). The van der Waals surface area contributed by atoms with E-state index in [0.717, 1.165) is 4.52 Å². The largest absolute Gasteiger partial charge is 0.350 e. The lowest BCUT2D eigenvalue weighted by atomic mass is 10.3. The molecule has 0 aliphatic heterocycles. The number of hydrogen-bond acceptors (Lipinski definition) is 6. The van der Waals surface area contributed by atoms with Crippen LogP contribution in [-0.2, 0) is 10.8 Å². The van der Waals surface area contributed by atoms with E-state index in [2.05, 4.69) is 41.2 Å². The number of nitrogens with one attached hydrogen (secondary N) is 1. The number of aromatic amines is 1. The fourth-order valence-electron chi connectivity index (χ4n) is 1.62. The van der Waals surface area contributed by atoms with Gasteiger partial charge < -0.3 is 0 Å². The zero-order chi connectivity index (χ0) is 14.3. The Morgan fingerprint density at radius 1 is 1.45 bits per heavy atom. The van der Waals surface area contributed by atoms with Crippen LogP contribution < -0.4 is 5.69 Å². The van der Waals surface area contributed by atoms with Crippen LogP contribution in [-0.4, -0.2) is 40.2 Å². The van der Waals surface area contributed by atoms with Gasteiger partial charge in [0, 0.05) is 12.5 Å². The first-order valence-corrected chi connectivity index (χ1v) is 7.73. The summed E-state index contributed by atoms with van der Waals surface area (Å²) in [6.45, 7) is 0. The molecule has 3 aromatic rings. The molecule has 3 rings (SSSR count). The van der Waals surface area contributed by atoms with E-state index < -0.39 is 16.5 Å². The smallest absolute Gasteiger partial charge is 0.283 e. The van der Waals surface area contributed by atoms with E-state index in [1.165, 1.54) is 12.5 Å². The molecule has 0 spiro atoms. The van der Waals surface area contributed by atoms with E-state index in [4.69, 9.17) is 0 Å². The van der Waals surface area contributed by atoms with Crippen LogP contribution in [0.5, 0.6) is 0 Å². The molecule has 10 heteroatoms. The van der Waals surface area contributed by atoms with Gasteiger partial charge in [-0.25, -0.2) is 9.78 Å². The molecule has 3 heterocycles. The van der Waals surface area contributed by atoms with Crippen molar-refractivity contribution < 1.29 is 4.21 Å². The number of nitrogens with zero attached hydrogens (tertiary/aromatic N) is 5. The van der Waals surface area contributed by atoms with E-state index in [1.54, 1.807) is 12.1 Å². The zero-order valence-electron chi connectivity index (χ0n) is 10.1. The predicted octanol–water partition coefficient (Wildman–Crippen LogP) is 0.374. The Morgan fingerprint density at radius 3 is 2.90 bits per heavy atom. The van der Waals surface area contributed by atoms with E-state index in [1.807, 2.05) is 0 Å². The molecule has 0 bridgehead atoms. The highest BCUT2D eigenvalue weighted by atomic mass is 79.9. The van der Waals surface area contributed by atoms with Crippen LogP contribution in [0.3, 0.4) is 0 Å². The number of H-pyrrole nitrogens is 1. The number of halogens is 1. The molecule has 0 saturated carbocycles. The van der Waals surface area contributed by atoms with Gasteiger partial charge in [-0.05, 0) is 28.1 Å². The van der Waals surface area contributed by atoms with Gasteiger partial charge >= 0.3 is 5.69 Å². The highest BCUT2D eigenvalue weighted by molar-refractivity contribution is 9.10. The monoisotopic (exact) mass is 354 g/mol. The molecule has 102 valence electrons. The van der Waals surface area contributed by atoms with Crippen molar-refractivity contribution in [3.05, 3.63) is 33.3 Å². The second kappa shape index (κ2) is 4.87. The number of hydrogen-bond donors (Lipinski definition) is 1. The topological polar surface area (TPSA) is 106 Å². The van der Waals surface area contributed by atoms with Gasteiger partial charge in [-0.1, -0.05) is 0 Å². The SMILES string of the molecule is CS(=O)c1nc2c(Br)c(-c3cccnn3)nn2c(=O)[nH]1. The Morgan fingerprint density at radius 2 is 2.25 bits per heavy atom. The van der Waals surface area contributed by atoms with E-state index in [-0.39, 0.29) is 10.8 Å². The first-order valence-electron chi connectivity index (χ1n) is 5.38. The van der Waals surface area contributed by atoms with Crippen LogP contribution >= 0.6 is 15.9 Å². The summed E-state index contributed by atoms with van der Waals surface area (Å²) in [6.07, 6.45) is 2.97. The number of aromatic nitrogens is 6. The van der Waals surface area contributed by atoms with Gasteiger partial charge in [-0.2, -0.15) is 14.7 Å². The van der Waals surface area contributed by atoms with E-state index in [0.29, 0.717) is 15.9 Å². The van der Waals surface area contributed by atoms with E-state index in [9.17, 15) is 9.00 Å². The average molecular weight is 355 g/mol. The molecular weight excluding hydrogens is 348 g/mol. The van der Waals surface area contributed by atoms with Crippen molar-refractivity contribution in [3.8, 4) is 11.4 Å². The fourth-order valence-corrected chi connectivity index (χ4v) is 2.61. The summed E-state index contributed by atoms with van der Waals surface area (Å²) in [6, 6.07) is 3.43. The lowest BCUT2D eigenvalue weighted by Gasteiger charge is -1.96. The molecule has 0 saturated heterocycles. The van der Waals surface area contributed by atoms with Crippen LogP contribution in [0.15, 0.2) is 32.8 Å². The normalized spacial score (nSPS) is 12.7.